The lowest BCUT2D eigenvalue weighted by atomic mass is 9.44. The zero-order chi connectivity index (χ0) is 75.6. The predicted molar refractivity (Wildman–Crippen MR) is 389 cm³/mol. The number of nitrogens with one attached hydrogen (secondary N) is 1. The van der Waals surface area contributed by atoms with Crippen LogP contribution < -0.4 is 14.8 Å². The molecular weight excluding hydrogens is 1330 g/mol. The predicted octanol–water partition coefficient (Wildman–Crippen LogP) is 14.3. The smallest absolute Gasteiger partial charge is 0.350 e. The van der Waals surface area contributed by atoms with Crippen molar-refractivity contribution in [2.24, 2.45) is 34.5 Å². The Morgan fingerprint density at radius 2 is 1.28 bits per heavy atom. The molecule has 566 valence electrons. The average Bonchev–Trinajstić information content (AvgIpc) is 0.668. The second-order valence-electron chi connectivity index (χ2n) is 31.6. The van der Waals surface area contributed by atoms with Gasteiger partial charge in [0.1, 0.15) is 41.0 Å². The number of carboxylic acid groups (broad SMARTS) is 1. The van der Waals surface area contributed by atoms with Gasteiger partial charge in [-0.05, 0) is 130 Å². The molecule has 0 amide bonds. The number of aliphatic hydroxyl groups is 1. The van der Waals surface area contributed by atoms with Gasteiger partial charge in [-0.25, -0.2) is 4.79 Å². The highest BCUT2D eigenvalue weighted by atomic mass is 16.6. The molecule has 9 rings (SSSR count). The molecule has 20 nitrogen and oxygen atoms in total. The molecule has 2 saturated carbocycles. The van der Waals surface area contributed by atoms with Crippen molar-refractivity contribution in [1.82, 2.24) is 5.32 Å². The fourth-order valence-corrected chi connectivity index (χ4v) is 17.0. The SMILES string of the molecule is CC(=O)O[C@H]1C(=O)[C@]2(C)[C@@H](OC(=O)CCC(=O)O)C[C@H]3OC[C@@]3(OC(C)=O)[C@H]2[C@H](OCc2ccccc2)[C@]2(O)C[C@H](OC(=O)[C@H](OC(=O)CCC(=O)Oc3c(C)c(C)c4c(c3C)OC(C)(CCC[C@@H](C)CCC[C@@H](C)CCCC(C)C)CC4)[C@@H](NCc3ccccc3)c3ccccc3)C(C)=C1C2(C)C. The van der Waals surface area contributed by atoms with E-state index in [1.807, 2.05) is 51.1 Å². The Morgan fingerprint density at radius 3 is 1.88 bits per heavy atom. The second-order valence-corrected chi connectivity index (χ2v) is 31.6. The zero-order valence-corrected chi connectivity index (χ0v) is 63.5. The van der Waals surface area contributed by atoms with Crippen molar-refractivity contribution in [3.63, 3.8) is 0 Å². The maximum atomic E-state index is 16.5. The molecule has 0 aromatic heterocycles. The van der Waals surface area contributed by atoms with Crippen LogP contribution in [0, 0.1) is 55.3 Å². The second kappa shape index (κ2) is 34.2. The van der Waals surface area contributed by atoms with Crippen LogP contribution in [0.5, 0.6) is 11.5 Å². The third-order valence-corrected chi connectivity index (χ3v) is 23.2. The molecule has 14 atom stereocenters. The van der Waals surface area contributed by atoms with Gasteiger partial charge >= 0.3 is 41.8 Å². The van der Waals surface area contributed by atoms with E-state index in [1.165, 1.54) is 52.4 Å². The van der Waals surface area contributed by atoms with E-state index >= 15 is 9.59 Å². The van der Waals surface area contributed by atoms with Gasteiger partial charge in [-0.3, -0.25) is 33.6 Å². The van der Waals surface area contributed by atoms with Crippen molar-refractivity contribution in [2.45, 2.75) is 279 Å². The molecule has 1 saturated heterocycles. The molecule has 4 aromatic carbocycles. The van der Waals surface area contributed by atoms with Crippen molar-refractivity contribution >= 4 is 47.6 Å². The van der Waals surface area contributed by atoms with Gasteiger partial charge < -0.3 is 58.2 Å². The monoisotopic (exact) mass is 1440 g/mol. The quantitative estimate of drug-likeness (QED) is 0.0173. The number of carbonyl (C=O) groups excluding carboxylic acids is 7. The van der Waals surface area contributed by atoms with Crippen LogP contribution in [0.3, 0.4) is 0 Å². The normalized spacial score (nSPS) is 26.4. The first-order chi connectivity index (χ1) is 49.2. The summed E-state index contributed by atoms with van der Waals surface area (Å²) >= 11 is 0. The van der Waals surface area contributed by atoms with Crippen LogP contribution in [-0.4, -0.2) is 118 Å². The van der Waals surface area contributed by atoms with E-state index in [-0.39, 0.29) is 37.3 Å². The van der Waals surface area contributed by atoms with Gasteiger partial charge in [-0.2, -0.15) is 0 Å². The Labute approximate surface area is 613 Å². The third-order valence-electron chi connectivity index (χ3n) is 23.2. The summed E-state index contributed by atoms with van der Waals surface area (Å²) in [4.78, 5) is 114. The summed E-state index contributed by atoms with van der Waals surface area (Å²) in [5, 5.41) is 27.5. The van der Waals surface area contributed by atoms with Crippen LogP contribution in [0.15, 0.2) is 102 Å². The lowest BCUT2D eigenvalue weighted by molar-refractivity contribution is -0.352. The minimum Gasteiger partial charge on any atom is -0.487 e. The standard InChI is InChI=1S/C84H111NO19/c1-50(2)27-24-28-51(3)29-25-30-52(4)31-26-43-81(13)44-42-62-53(5)54(6)72(56(8)73(62)104-81)101-68(91)40-41-69(92)102-75(71(61-36-22-17-23-37-61)85-47-59-32-18-15-19-33-59)79(94)99-63-46-84(95)78(96-48-60-34-20-16-21-35-60)76-82(14,77(93)74(98-57(9)86)70(55(63)7)80(84,11)12)64(100-67(90)39-38-66(88)89)45-65-83(76,49-97-65)103-58(10)87/h15-23,32-37,50-52,63-65,71,74-76,78,85,95H,24-31,38-49H2,1-14H3,(H,88,89)/t51-,52-,63-,64-,65+,71-,74+,75+,76-,78-,81?,82+,83-,84+/m0/s1. The number of aliphatic carboxylic acids is 1. The van der Waals surface area contributed by atoms with Crippen LogP contribution in [0.1, 0.15) is 224 Å². The molecule has 2 aliphatic heterocycles. The number of ketones is 1. The van der Waals surface area contributed by atoms with Gasteiger partial charge in [0.25, 0.3) is 0 Å². The van der Waals surface area contributed by atoms with E-state index in [2.05, 4.69) is 39.9 Å². The summed E-state index contributed by atoms with van der Waals surface area (Å²) in [6, 6.07) is 25.9. The van der Waals surface area contributed by atoms with Crippen LogP contribution in [0.2, 0.25) is 0 Å². The third kappa shape index (κ3) is 18.0. The largest absolute Gasteiger partial charge is 0.487 e. The Balaban J connectivity index is 1.03. The summed E-state index contributed by atoms with van der Waals surface area (Å²) in [6.07, 6.45) is -0.184. The van der Waals surface area contributed by atoms with Gasteiger partial charge in [0.05, 0.1) is 56.5 Å². The molecule has 4 aromatic rings. The van der Waals surface area contributed by atoms with Gasteiger partial charge in [-0.15, -0.1) is 0 Å². The van der Waals surface area contributed by atoms with Crippen LogP contribution >= 0.6 is 0 Å². The van der Waals surface area contributed by atoms with Crippen molar-refractivity contribution in [2.75, 3.05) is 6.61 Å². The first-order valence-corrected chi connectivity index (χ1v) is 37.5. The molecule has 5 aliphatic rings. The lowest BCUT2D eigenvalue weighted by Crippen LogP contribution is -2.82. The topological polar surface area (TPSA) is 272 Å². The van der Waals surface area contributed by atoms with Crippen LogP contribution in [0.4, 0.5) is 0 Å². The van der Waals surface area contributed by atoms with Crippen molar-refractivity contribution in [1.29, 1.82) is 0 Å². The number of fused-ring (bicyclic) bond motifs is 6. The minimum atomic E-state index is -2.35. The van der Waals surface area contributed by atoms with Gasteiger partial charge in [0.2, 0.25) is 6.10 Å². The maximum Gasteiger partial charge on any atom is 0.350 e. The van der Waals surface area contributed by atoms with Crippen LogP contribution in [0.25, 0.3) is 0 Å². The van der Waals surface area contributed by atoms with Crippen LogP contribution in [-0.2, 0) is 91.1 Å². The van der Waals surface area contributed by atoms with Gasteiger partial charge in [-0.1, -0.05) is 177 Å². The van der Waals surface area contributed by atoms with E-state index in [4.69, 9.17) is 42.6 Å². The average molecular weight is 1440 g/mol. The number of esters is 6. The molecule has 3 aliphatic carbocycles. The fourth-order valence-electron chi connectivity index (χ4n) is 17.0. The highest BCUT2D eigenvalue weighted by Crippen LogP contribution is 2.65. The van der Waals surface area contributed by atoms with E-state index in [1.54, 1.807) is 81.4 Å². The molecule has 0 spiro atoms. The highest BCUT2D eigenvalue weighted by Gasteiger charge is 2.78. The first kappa shape index (κ1) is 80.3. The number of rotatable bonds is 33. The number of Topliss-reactive ketones (excluding diaryl/α,β-unsaturated/α-hetero) is 1. The maximum absolute atomic E-state index is 16.5. The van der Waals surface area contributed by atoms with E-state index < -0.39 is 156 Å². The minimum absolute atomic E-state index is 0.00886. The summed E-state index contributed by atoms with van der Waals surface area (Å²) in [6.45, 7) is 25.5. The molecule has 1 unspecified atom stereocenters. The Hall–Kier alpha value is -7.78. The van der Waals surface area contributed by atoms with E-state index in [0.29, 0.717) is 34.1 Å². The molecule has 2 bridgehead atoms. The highest BCUT2D eigenvalue weighted by molar-refractivity contribution is 5.95. The Kier molecular flexibility index (Phi) is 26.4. The summed E-state index contributed by atoms with van der Waals surface area (Å²) < 4.78 is 58.2. The molecule has 104 heavy (non-hydrogen) atoms. The van der Waals surface area contributed by atoms with Crippen molar-refractivity contribution < 1.29 is 91.2 Å². The summed E-state index contributed by atoms with van der Waals surface area (Å²) in [7, 11) is 0. The zero-order valence-electron chi connectivity index (χ0n) is 63.5. The lowest BCUT2D eigenvalue weighted by Gasteiger charge is -2.68. The number of benzene rings is 4. The number of carboxylic acids is 1. The number of hydrogen-bond donors (Lipinski definition) is 3. The molecule has 3 N–H and O–H groups in total. The summed E-state index contributed by atoms with van der Waals surface area (Å²) in [5.74, 6) is -5.98. The number of carbonyl (C=O) groups is 8. The fraction of sp³-hybridized carbons (Fsp3) is 0.595. The Morgan fingerprint density at radius 1 is 0.683 bits per heavy atom. The van der Waals surface area contributed by atoms with E-state index in [9.17, 15) is 39.0 Å². The number of ether oxygens (including phenoxy) is 9. The molecule has 20 heteroatoms. The van der Waals surface area contributed by atoms with Crippen molar-refractivity contribution in [3.8, 4) is 11.5 Å². The molecule has 3 fully saturated rings. The first-order valence-electron chi connectivity index (χ1n) is 37.5. The van der Waals surface area contributed by atoms with Crippen molar-refractivity contribution in [3.05, 3.63) is 141 Å². The summed E-state index contributed by atoms with van der Waals surface area (Å²) in [5.41, 5.74) is -2.75. The number of hydrogen-bond acceptors (Lipinski definition) is 19. The molecular formula is C84H111NO19. The molecule has 2 heterocycles. The van der Waals surface area contributed by atoms with E-state index in [0.717, 1.165) is 73.1 Å². The van der Waals surface area contributed by atoms with Gasteiger partial charge in [0, 0.05) is 50.1 Å². The Bertz CT molecular complexity index is 3760. The molecule has 0 radical (unpaired) electrons. The van der Waals surface area contributed by atoms with Gasteiger partial charge in [0.15, 0.2) is 17.5 Å².